The zero-order valence-corrected chi connectivity index (χ0v) is 10.6. The van der Waals surface area contributed by atoms with Gasteiger partial charge in [-0.15, -0.1) is 4.40 Å². The lowest BCUT2D eigenvalue weighted by atomic mass is 10.2. The summed E-state index contributed by atoms with van der Waals surface area (Å²) in [5.41, 5.74) is 0.767. The van der Waals surface area contributed by atoms with Crippen LogP contribution in [-0.4, -0.2) is 30.8 Å². The zero-order chi connectivity index (χ0) is 12.9. The number of benzene rings is 1. The predicted octanol–water partition coefficient (Wildman–Crippen LogP) is 1.21. The molecule has 0 spiro atoms. The summed E-state index contributed by atoms with van der Waals surface area (Å²) in [6, 6.07) is 4.47. The highest BCUT2D eigenvalue weighted by molar-refractivity contribution is 8.15. The number of anilines is 1. The van der Waals surface area contributed by atoms with Crippen LogP contribution >= 0.6 is 11.8 Å². The molecule has 0 fully saturated rings. The van der Waals surface area contributed by atoms with Gasteiger partial charge in [0.2, 0.25) is 0 Å². The van der Waals surface area contributed by atoms with Crippen molar-refractivity contribution in [1.82, 2.24) is 0 Å². The van der Waals surface area contributed by atoms with Crippen LogP contribution < -0.4 is 4.90 Å². The molecule has 1 aromatic rings. The van der Waals surface area contributed by atoms with E-state index in [-0.39, 0.29) is 11.4 Å². The number of fused-ring (bicyclic) bond motifs is 3. The lowest BCUT2D eigenvalue weighted by Gasteiger charge is -2.21. The van der Waals surface area contributed by atoms with E-state index in [4.69, 9.17) is 0 Å². The number of hydrogen-bond acceptors (Lipinski definition) is 6. The van der Waals surface area contributed by atoms with Gasteiger partial charge >= 0.3 is 0 Å². The third-order valence-corrected chi connectivity index (χ3v) is 4.97. The van der Waals surface area contributed by atoms with E-state index in [1.807, 2.05) is 0 Å². The van der Waals surface area contributed by atoms with Crippen molar-refractivity contribution in [2.24, 2.45) is 4.40 Å². The molecule has 0 aromatic heterocycles. The number of nitro benzene ring substituents is 1. The predicted molar refractivity (Wildman–Crippen MR) is 67.5 cm³/mol. The molecule has 94 valence electrons. The molecule has 2 aliphatic rings. The van der Waals surface area contributed by atoms with Gasteiger partial charge in [-0.2, -0.15) is 0 Å². The van der Waals surface area contributed by atoms with Crippen LogP contribution in [0.2, 0.25) is 0 Å². The Morgan fingerprint density at radius 2 is 2.22 bits per heavy atom. The fourth-order valence-electron chi connectivity index (χ4n) is 1.83. The summed E-state index contributed by atoms with van der Waals surface area (Å²) in [6.45, 7) is 0.332. The fourth-order valence-corrected chi connectivity index (χ4v) is 4.12. The van der Waals surface area contributed by atoms with E-state index >= 15 is 0 Å². The largest absolute Gasteiger partial charge is 0.318 e. The van der Waals surface area contributed by atoms with Gasteiger partial charge in [-0.25, -0.2) is 8.42 Å². The summed E-state index contributed by atoms with van der Waals surface area (Å²) in [6.07, 6.45) is 0. The first-order valence-electron chi connectivity index (χ1n) is 5.03. The van der Waals surface area contributed by atoms with Gasteiger partial charge in [0, 0.05) is 23.6 Å². The van der Waals surface area contributed by atoms with E-state index in [2.05, 4.69) is 4.40 Å². The number of non-ortho nitro benzene ring substituents is 1. The summed E-state index contributed by atoms with van der Waals surface area (Å²) in [5.74, 6) is -0.0342. The van der Waals surface area contributed by atoms with Gasteiger partial charge in [0.1, 0.15) is 0 Å². The maximum absolute atomic E-state index is 11.4. The first-order valence-corrected chi connectivity index (χ1v) is 7.45. The molecule has 3 rings (SSSR count). The van der Waals surface area contributed by atoms with E-state index in [0.717, 1.165) is 17.4 Å². The number of nitrogens with zero attached hydrogens (tertiary/aromatic N) is 3. The van der Waals surface area contributed by atoms with Gasteiger partial charge < -0.3 is 4.90 Å². The van der Waals surface area contributed by atoms with E-state index in [9.17, 15) is 18.5 Å². The highest BCUT2D eigenvalue weighted by Gasteiger charge is 2.33. The Labute approximate surface area is 107 Å². The van der Waals surface area contributed by atoms with Crippen LogP contribution in [0.4, 0.5) is 11.4 Å². The summed E-state index contributed by atoms with van der Waals surface area (Å²) < 4.78 is 26.4. The van der Waals surface area contributed by atoms with Gasteiger partial charge in [0.15, 0.2) is 5.17 Å². The molecule has 7 nitrogen and oxygen atoms in total. The SMILES string of the molecule is O=[N+]([O-])c1ccc2c(c1)SC1=NS(=O)(=O)CCN12. The minimum absolute atomic E-state index is 0.00967. The standard InChI is InChI=1S/C9H7N3O4S2/c13-12(14)6-1-2-7-8(5-6)17-9-10-18(15,16)4-3-11(7)9/h1-2,5H,3-4H2. The topological polar surface area (TPSA) is 92.9 Å². The second-order valence-corrected chi connectivity index (χ2v) is 6.59. The Morgan fingerprint density at radius 1 is 1.44 bits per heavy atom. The minimum Gasteiger partial charge on any atom is -0.318 e. The Bertz CT molecular complexity index is 683. The fraction of sp³-hybridized carbons (Fsp3) is 0.222. The molecule has 1 aromatic carbocycles. The number of nitro groups is 1. The Morgan fingerprint density at radius 3 is 2.94 bits per heavy atom. The second kappa shape index (κ2) is 3.69. The normalized spacial score (nSPS) is 20.0. The third kappa shape index (κ3) is 1.75. The molecule has 0 unspecified atom stereocenters. The molecule has 2 heterocycles. The number of hydrogen-bond donors (Lipinski definition) is 0. The van der Waals surface area contributed by atoms with Gasteiger partial charge in [-0.1, -0.05) is 0 Å². The lowest BCUT2D eigenvalue weighted by molar-refractivity contribution is -0.385. The number of thioether (sulfide) groups is 1. The average Bonchev–Trinajstić information content (AvgIpc) is 2.62. The summed E-state index contributed by atoms with van der Waals surface area (Å²) in [5, 5.41) is 11.0. The molecule has 0 aliphatic carbocycles. The van der Waals surface area contributed by atoms with Crippen LogP contribution in [0.3, 0.4) is 0 Å². The molecular weight excluding hydrogens is 278 g/mol. The van der Waals surface area contributed by atoms with Crippen molar-refractivity contribution in [2.75, 3.05) is 17.2 Å². The number of amidine groups is 1. The highest BCUT2D eigenvalue weighted by Crippen LogP contribution is 2.43. The van der Waals surface area contributed by atoms with E-state index < -0.39 is 14.9 Å². The lowest BCUT2D eigenvalue weighted by Crippen LogP contribution is -2.35. The Hall–Kier alpha value is -1.61. The highest BCUT2D eigenvalue weighted by atomic mass is 32.2. The minimum atomic E-state index is -3.39. The van der Waals surface area contributed by atoms with Crippen molar-refractivity contribution in [3.63, 3.8) is 0 Å². The molecule has 2 aliphatic heterocycles. The molecule has 9 heteroatoms. The molecule has 0 saturated heterocycles. The first-order chi connectivity index (χ1) is 8.46. The van der Waals surface area contributed by atoms with Crippen LogP contribution in [0.5, 0.6) is 0 Å². The van der Waals surface area contributed by atoms with Gasteiger partial charge in [0.25, 0.3) is 15.7 Å². The van der Waals surface area contributed by atoms with Crippen LogP contribution in [0, 0.1) is 10.1 Å². The van der Waals surface area contributed by atoms with Gasteiger partial charge in [-0.3, -0.25) is 10.1 Å². The van der Waals surface area contributed by atoms with E-state index in [1.54, 1.807) is 11.0 Å². The van der Waals surface area contributed by atoms with Gasteiger partial charge in [-0.05, 0) is 17.8 Å². The second-order valence-electron chi connectivity index (χ2n) is 3.82. The molecule has 0 bridgehead atoms. The third-order valence-electron chi connectivity index (χ3n) is 2.67. The summed E-state index contributed by atoms with van der Waals surface area (Å²) >= 11 is 1.15. The van der Waals surface area contributed by atoms with Crippen LogP contribution in [0.25, 0.3) is 0 Å². The van der Waals surface area contributed by atoms with Crippen molar-refractivity contribution in [3.05, 3.63) is 28.3 Å². The summed E-state index contributed by atoms with van der Waals surface area (Å²) in [7, 11) is -3.39. The molecular formula is C9H7N3O4S2. The monoisotopic (exact) mass is 285 g/mol. The van der Waals surface area contributed by atoms with Crippen LogP contribution in [0.15, 0.2) is 27.5 Å². The number of sulfonamides is 1. The molecule has 18 heavy (non-hydrogen) atoms. The quantitative estimate of drug-likeness (QED) is 0.568. The van der Waals surface area contributed by atoms with Crippen molar-refractivity contribution in [2.45, 2.75) is 4.90 Å². The Kier molecular flexibility index (Phi) is 2.35. The van der Waals surface area contributed by atoms with Crippen LogP contribution in [-0.2, 0) is 10.0 Å². The zero-order valence-electron chi connectivity index (χ0n) is 8.94. The molecule has 0 radical (unpaired) electrons. The van der Waals surface area contributed by atoms with Crippen LogP contribution in [0.1, 0.15) is 0 Å². The number of rotatable bonds is 1. The van der Waals surface area contributed by atoms with Crippen molar-refractivity contribution in [1.29, 1.82) is 0 Å². The Balaban J connectivity index is 2.08. The van der Waals surface area contributed by atoms with Crippen molar-refractivity contribution >= 4 is 38.3 Å². The average molecular weight is 285 g/mol. The maximum Gasteiger partial charge on any atom is 0.270 e. The molecule has 0 amide bonds. The van der Waals surface area contributed by atoms with Gasteiger partial charge in [0.05, 0.1) is 16.4 Å². The molecule has 0 N–H and O–H groups in total. The maximum atomic E-state index is 11.4. The smallest absolute Gasteiger partial charge is 0.270 e. The van der Waals surface area contributed by atoms with E-state index in [0.29, 0.717) is 16.6 Å². The van der Waals surface area contributed by atoms with E-state index in [1.165, 1.54) is 12.1 Å². The van der Waals surface area contributed by atoms with Crippen molar-refractivity contribution in [3.8, 4) is 0 Å². The molecule has 0 atom stereocenters. The first kappa shape index (κ1) is 11.5. The summed E-state index contributed by atoms with van der Waals surface area (Å²) in [4.78, 5) is 12.6. The molecule has 0 saturated carbocycles. The van der Waals surface area contributed by atoms with Crippen molar-refractivity contribution < 1.29 is 13.3 Å².